The number of aromatic nitrogens is 1. The number of aliphatic hydroxyl groups excluding tert-OH is 2. The van der Waals surface area contributed by atoms with Crippen LogP contribution in [0, 0.1) is 3.95 Å². The molecule has 3 N–H and O–H groups in total. The topological polar surface area (TPSA) is 76.6 Å². The Morgan fingerprint density at radius 1 is 1.35 bits per heavy atom. The Morgan fingerprint density at radius 3 is 2.65 bits per heavy atom. The molecule has 0 aliphatic carbocycles. The maximum Gasteiger partial charge on any atom is 0.297 e. The zero-order valence-electron chi connectivity index (χ0n) is 10.8. The zero-order chi connectivity index (χ0) is 14.7. The summed E-state index contributed by atoms with van der Waals surface area (Å²) in [6, 6.07) is 5.41. The lowest BCUT2D eigenvalue weighted by Gasteiger charge is -2.31. The molecule has 0 spiro atoms. The van der Waals surface area contributed by atoms with Crippen LogP contribution in [-0.4, -0.2) is 26.6 Å². The molecular weight excluding hydrogens is 296 g/mol. The van der Waals surface area contributed by atoms with Gasteiger partial charge in [0.05, 0.1) is 10.2 Å². The molecular formula is C13H12N2O3S2. The number of hydrogen-bond donors (Lipinski definition) is 3. The number of thiazole rings is 1. The van der Waals surface area contributed by atoms with E-state index in [1.54, 1.807) is 26.0 Å². The number of nitrogens with zero attached hydrogens (tertiary/aromatic N) is 1. The predicted molar refractivity (Wildman–Crippen MR) is 80.9 cm³/mol. The molecule has 1 aliphatic rings. The van der Waals surface area contributed by atoms with Crippen LogP contribution in [0.4, 0.5) is 5.69 Å². The molecule has 1 aliphatic heterocycles. The monoisotopic (exact) mass is 308 g/mol. The molecule has 1 amide bonds. The number of aromatic amines is 1. The van der Waals surface area contributed by atoms with Crippen molar-refractivity contribution in [3.63, 3.8) is 0 Å². The Labute approximate surface area is 123 Å². The van der Waals surface area contributed by atoms with Crippen LogP contribution in [0.5, 0.6) is 0 Å². The van der Waals surface area contributed by atoms with E-state index in [9.17, 15) is 15.0 Å². The molecule has 0 radical (unpaired) electrons. The van der Waals surface area contributed by atoms with E-state index in [0.717, 1.165) is 10.2 Å². The predicted octanol–water partition coefficient (Wildman–Crippen LogP) is 3.41. The molecule has 1 aromatic carbocycles. The van der Waals surface area contributed by atoms with Crippen molar-refractivity contribution in [2.45, 2.75) is 19.4 Å². The first kappa shape index (κ1) is 13.1. The van der Waals surface area contributed by atoms with Crippen LogP contribution in [0.1, 0.15) is 13.8 Å². The van der Waals surface area contributed by atoms with Gasteiger partial charge >= 0.3 is 0 Å². The highest BCUT2D eigenvalue weighted by Gasteiger charge is 2.47. The Kier molecular flexibility index (Phi) is 2.67. The molecule has 1 aromatic heterocycles. The Balaban J connectivity index is 2.16. The highest BCUT2D eigenvalue weighted by Crippen LogP contribution is 2.38. The van der Waals surface area contributed by atoms with Gasteiger partial charge in [0.1, 0.15) is 5.54 Å². The van der Waals surface area contributed by atoms with Crippen molar-refractivity contribution in [3.8, 4) is 0 Å². The van der Waals surface area contributed by atoms with Crippen LogP contribution < -0.4 is 4.90 Å². The van der Waals surface area contributed by atoms with Gasteiger partial charge in [-0.15, -0.1) is 11.3 Å². The summed E-state index contributed by atoms with van der Waals surface area (Å²) >= 11 is 6.54. The summed E-state index contributed by atoms with van der Waals surface area (Å²) in [5.41, 5.74) is 0.431. The number of nitrogens with one attached hydrogen (secondary N) is 1. The lowest BCUT2D eigenvalue weighted by molar-refractivity contribution is -0.117. The van der Waals surface area contributed by atoms with Gasteiger partial charge < -0.3 is 15.2 Å². The molecule has 0 unspecified atom stereocenters. The van der Waals surface area contributed by atoms with Gasteiger partial charge in [0, 0.05) is 5.69 Å². The number of aliphatic hydroxyl groups is 2. The maximum absolute atomic E-state index is 12.1. The number of carbonyl (C=O) groups excluding carboxylic acids is 1. The fourth-order valence-electron chi connectivity index (χ4n) is 2.38. The minimum absolute atomic E-state index is 0.319. The largest absolute Gasteiger partial charge is 0.506 e. The minimum Gasteiger partial charge on any atom is -0.506 e. The average molecular weight is 308 g/mol. The number of fused-ring (bicyclic) bond motifs is 1. The van der Waals surface area contributed by atoms with Crippen molar-refractivity contribution in [3.05, 3.63) is 33.7 Å². The molecule has 0 saturated heterocycles. The van der Waals surface area contributed by atoms with E-state index < -0.39 is 17.2 Å². The molecule has 2 heterocycles. The third-order valence-electron chi connectivity index (χ3n) is 3.43. The SMILES string of the molecule is CC1(C)C(O)=C(O)C(=O)N1c1ccc2sc(=S)[nH]c2c1. The van der Waals surface area contributed by atoms with Crippen LogP contribution in [0.2, 0.25) is 0 Å². The first-order valence-electron chi connectivity index (χ1n) is 5.92. The number of benzene rings is 1. The fraction of sp³-hybridized carbons (Fsp3) is 0.231. The van der Waals surface area contributed by atoms with Crippen molar-refractivity contribution in [2.24, 2.45) is 0 Å². The van der Waals surface area contributed by atoms with Gasteiger partial charge in [-0.1, -0.05) is 0 Å². The van der Waals surface area contributed by atoms with E-state index in [4.69, 9.17) is 12.2 Å². The maximum atomic E-state index is 12.1. The smallest absolute Gasteiger partial charge is 0.297 e. The van der Waals surface area contributed by atoms with Crippen molar-refractivity contribution < 1.29 is 15.0 Å². The van der Waals surface area contributed by atoms with Gasteiger partial charge in [0.15, 0.2) is 9.71 Å². The Morgan fingerprint density at radius 2 is 2.05 bits per heavy atom. The second-order valence-electron chi connectivity index (χ2n) is 5.09. The third kappa shape index (κ3) is 1.66. The first-order valence-corrected chi connectivity index (χ1v) is 7.15. The molecule has 7 heteroatoms. The lowest BCUT2D eigenvalue weighted by atomic mass is 10.0. The summed E-state index contributed by atoms with van der Waals surface area (Å²) in [6.45, 7) is 3.34. The van der Waals surface area contributed by atoms with Crippen LogP contribution >= 0.6 is 23.6 Å². The summed E-state index contributed by atoms with van der Waals surface area (Å²) in [5.74, 6) is -1.53. The third-order valence-corrected chi connectivity index (χ3v) is 4.64. The number of rotatable bonds is 1. The molecule has 20 heavy (non-hydrogen) atoms. The van der Waals surface area contributed by atoms with Crippen molar-refractivity contribution in [1.29, 1.82) is 0 Å². The Hall–Kier alpha value is -1.86. The summed E-state index contributed by atoms with van der Waals surface area (Å²) in [7, 11) is 0. The number of amides is 1. The normalized spacial score (nSPS) is 18.3. The Bertz CT molecular complexity index is 816. The summed E-state index contributed by atoms with van der Waals surface area (Å²) in [6.07, 6.45) is 0. The van der Waals surface area contributed by atoms with Gasteiger partial charge in [-0.05, 0) is 44.3 Å². The highest BCUT2D eigenvalue weighted by molar-refractivity contribution is 7.73. The highest BCUT2D eigenvalue weighted by atomic mass is 32.1. The van der Waals surface area contributed by atoms with Crippen molar-refractivity contribution >= 4 is 45.4 Å². The van der Waals surface area contributed by atoms with E-state index in [0.29, 0.717) is 9.64 Å². The van der Waals surface area contributed by atoms with Crippen LogP contribution in [-0.2, 0) is 4.79 Å². The molecule has 0 fully saturated rings. The van der Waals surface area contributed by atoms with Gasteiger partial charge in [-0.2, -0.15) is 0 Å². The van der Waals surface area contributed by atoms with E-state index in [-0.39, 0.29) is 5.76 Å². The fourth-order valence-corrected chi connectivity index (χ4v) is 3.47. The summed E-state index contributed by atoms with van der Waals surface area (Å²) in [4.78, 5) is 16.5. The average Bonchev–Trinajstić information content (AvgIpc) is 2.81. The van der Waals surface area contributed by atoms with Crippen LogP contribution in [0.15, 0.2) is 29.7 Å². The summed E-state index contributed by atoms with van der Waals surface area (Å²) < 4.78 is 1.65. The standard InChI is InChI=1S/C13H12N2O3S2/c1-13(2)10(17)9(16)11(18)15(13)6-3-4-8-7(5-6)14-12(19)20-8/h3-5,16-17H,1-2H3,(H,14,19). The van der Waals surface area contributed by atoms with E-state index in [1.807, 2.05) is 6.07 Å². The number of anilines is 1. The van der Waals surface area contributed by atoms with Gasteiger partial charge in [0.2, 0.25) is 5.76 Å². The molecule has 2 aromatic rings. The number of H-pyrrole nitrogens is 1. The molecule has 104 valence electrons. The molecule has 5 nitrogen and oxygen atoms in total. The molecule has 3 rings (SSSR count). The molecule has 0 bridgehead atoms. The van der Waals surface area contributed by atoms with E-state index >= 15 is 0 Å². The quantitative estimate of drug-likeness (QED) is 0.706. The van der Waals surface area contributed by atoms with Crippen molar-refractivity contribution in [2.75, 3.05) is 4.90 Å². The zero-order valence-corrected chi connectivity index (χ0v) is 12.4. The van der Waals surface area contributed by atoms with Crippen LogP contribution in [0.3, 0.4) is 0 Å². The number of carbonyl (C=O) groups is 1. The molecule has 0 atom stereocenters. The second kappa shape index (κ2) is 4.07. The van der Waals surface area contributed by atoms with Gasteiger partial charge in [-0.25, -0.2) is 0 Å². The van der Waals surface area contributed by atoms with Gasteiger partial charge in [-0.3, -0.25) is 9.69 Å². The minimum atomic E-state index is -0.984. The molecule has 0 saturated carbocycles. The second-order valence-corrected chi connectivity index (χ2v) is 6.81. The number of hydrogen-bond acceptors (Lipinski definition) is 5. The van der Waals surface area contributed by atoms with Crippen LogP contribution in [0.25, 0.3) is 10.2 Å². The van der Waals surface area contributed by atoms with Gasteiger partial charge in [0.25, 0.3) is 5.91 Å². The van der Waals surface area contributed by atoms with Crippen molar-refractivity contribution in [1.82, 2.24) is 4.98 Å². The lowest BCUT2D eigenvalue weighted by Crippen LogP contribution is -2.43. The van der Waals surface area contributed by atoms with E-state index in [1.165, 1.54) is 16.2 Å². The first-order chi connectivity index (χ1) is 9.32. The summed E-state index contributed by atoms with van der Waals surface area (Å²) in [5, 5.41) is 19.6. The van der Waals surface area contributed by atoms with E-state index in [2.05, 4.69) is 4.98 Å².